The summed E-state index contributed by atoms with van der Waals surface area (Å²) in [7, 11) is 2.04. The molecule has 2 aromatic rings. The molecule has 2 heterocycles. The first-order valence-electron chi connectivity index (χ1n) is 6.04. The summed E-state index contributed by atoms with van der Waals surface area (Å²) in [5.74, 6) is 1.88. The Kier molecular flexibility index (Phi) is 2.44. The van der Waals surface area contributed by atoms with E-state index in [-0.39, 0.29) is 0 Å². The molecule has 0 saturated carbocycles. The van der Waals surface area contributed by atoms with E-state index < -0.39 is 0 Å². The van der Waals surface area contributed by atoms with Gasteiger partial charge >= 0.3 is 0 Å². The van der Waals surface area contributed by atoms with Gasteiger partial charge in [-0.25, -0.2) is 9.97 Å². The SMILES string of the molecule is Cc1cccc(N2CN(C)c3nccnc32)c1C. The van der Waals surface area contributed by atoms with Crippen LogP contribution in [0.5, 0.6) is 0 Å². The predicted octanol–water partition coefficient (Wildman–Crippen LogP) is 2.64. The largest absolute Gasteiger partial charge is 0.338 e. The van der Waals surface area contributed by atoms with Gasteiger partial charge in [-0.2, -0.15) is 0 Å². The lowest BCUT2D eigenvalue weighted by Crippen LogP contribution is -2.25. The molecule has 0 atom stereocenters. The summed E-state index contributed by atoms with van der Waals surface area (Å²) in [6.07, 6.45) is 3.48. The third-order valence-corrected chi connectivity index (χ3v) is 3.50. The fourth-order valence-electron chi connectivity index (χ4n) is 2.35. The van der Waals surface area contributed by atoms with E-state index in [1.807, 2.05) is 7.05 Å². The van der Waals surface area contributed by atoms with Crippen molar-refractivity contribution in [2.75, 3.05) is 23.5 Å². The van der Waals surface area contributed by atoms with Crippen LogP contribution in [0.3, 0.4) is 0 Å². The van der Waals surface area contributed by atoms with Crippen molar-refractivity contribution in [3.8, 4) is 0 Å². The second-order valence-corrected chi connectivity index (χ2v) is 4.69. The van der Waals surface area contributed by atoms with Crippen molar-refractivity contribution in [1.82, 2.24) is 9.97 Å². The van der Waals surface area contributed by atoms with Crippen molar-refractivity contribution in [2.45, 2.75) is 13.8 Å². The molecule has 0 saturated heterocycles. The van der Waals surface area contributed by atoms with Crippen LogP contribution >= 0.6 is 0 Å². The number of nitrogens with zero attached hydrogens (tertiary/aromatic N) is 4. The van der Waals surface area contributed by atoms with E-state index in [1.165, 1.54) is 16.8 Å². The van der Waals surface area contributed by atoms with Gasteiger partial charge in [0, 0.05) is 25.1 Å². The summed E-state index contributed by atoms with van der Waals surface area (Å²) in [4.78, 5) is 13.2. The van der Waals surface area contributed by atoms with E-state index in [2.05, 4.69) is 51.8 Å². The minimum Gasteiger partial charge on any atom is -0.338 e. The third-order valence-electron chi connectivity index (χ3n) is 3.50. The second kappa shape index (κ2) is 3.98. The lowest BCUT2D eigenvalue weighted by Gasteiger charge is -2.21. The zero-order valence-corrected chi connectivity index (χ0v) is 10.9. The summed E-state index contributed by atoms with van der Waals surface area (Å²) in [5, 5.41) is 0. The van der Waals surface area contributed by atoms with Crippen LogP contribution in [0.25, 0.3) is 0 Å². The molecule has 18 heavy (non-hydrogen) atoms. The predicted molar refractivity (Wildman–Crippen MR) is 73.4 cm³/mol. The summed E-state index contributed by atoms with van der Waals surface area (Å²) in [6, 6.07) is 6.36. The lowest BCUT2D eigenvalue weighted by molar-refractivity contribution is 0.931. The highest BCUT2D eigenvalue weighted by Gasteiger charge is 2.27. The van der Waals surface area contributed by atoms with E-state index in [1.54, 1.807) is 12.4 Å². The van der Waals surface area contributed by atoms with Gasteiger partial charge in [-0.3, -0.25) is 0 Å². The van der Waals surface area contributed by atoms with Gasteiger partial charge in [0.05, 0.1) is 6.67 Å². The van der Waals surface area contributed by atoms with Crippen molar-refractivity contribution >= 4 is 17.3 Å². The molecule has 1 aromatic heterocycles. The Morgan fingerprint density at radius 2 is 1.78 bits per heavy atom. The molecule has 0 radical (unpaired) electrons. The molecular formula is C14H16N4. The van der Waals surface area contributed by atoms with E-state index in [4.69, 9.17) is 0 Å². The number of benzene rings is 1. The monoisotopic (exact) mass is 240 g/mol. The average molecular weight is 240 g/mol. The normalized spacial score (nSPS) is 13.9. The molecule has 1 aliphatic rings. The maximum absolute atomic E-state index is 4.46. The van der Waals surface area contributed by atoms with Crippen LogP contribution < -0.4 is 9.80 Å². The molecule has 1 aliphatic heterocycles. The van der Waals surface area contributed by atoms with Crippen LogP contribution in [0.4, 0.5) is 17.3 Å². The summed E-state index contributed by atoms with van der Waals surface area (Å²) >= 11 is 0. The third kappa shape index (κ3) is 1.53. The Balaban J connectivity index is 2.12. The van der Waals surface area contributed by atoms with Crippen LogP contribution in [-0.4, -0.2) is 23.7 Å². The fourth-order valence-corrected chi connectivity index (χ4v) is 2.35. The molecule has 1 aromatic carbocycles. The lowest BCUT2D eigenvalue weighted by atomic mass is 10.1. The van der Waals surface area contributed by atoms with Crippen molar-refractivity contribution in [1.29, 1.82) is 0 Å². The number of fused-ring (bicyclic) bond motifs is 1. The molecule has 4 nitrogen and oxygen atoms in total. The first kappa shape index (κ1) is 11.0. The highest BCUT2D eigenvalue weighted by atomic mass is 15.4. The molecule has 4 heteroatoms. The molecule has 0 unspecified atom stereocenters. The quantitative estimate of drug-likeness (QED) is 0.767. The minimum atomic E-state index is 0.795. The summed E-state index contributed by atoms with van der Waals surface area (Å²) < 4.78 is 0. The highest BCUT2D eigenvalue weighted by molar-refractivity contribution is 5.77. The van der Waals surface area contributed by atoms with Crippen molar-refractivity contribution in [3.05, 3.63) is 41.7 Å². The molecular weight excluding hydrogens is 224 g/mol. The maximum atomic E-state index is 4.46. The van der Waals surface area contributed by atoms with Crippen molar-refractivity contribution < 1.29 is 0 Å². The van der Waals surface area contributed by atoms with Crippen LogP contribution in [0.2, 0.25) is 0 Å². The first-order valence-corrected chi connectivity index (χ1v) is 6.04. The van der Waals surface area contributed by atoms with Crippen LogP contribution in [0.15, 0.2) is 30.6 Å². The number of anilines is 3. The van der Waals surface area contributed by atoms with Crippen molar-refractivity contribution in [3.63, 3.8) is 0 Å². The van der Waals surface area contributed by atoms with Crippen molar-refractivity contribution in [2.24, 2.45) is 0 Å². The number of rotatable bonds is 1. The fraction of sp³-hybridized carbons (Fsp3) is 0.286. The summed E-state index contributed by atoms with van der Waals surface area (Å²) in [6.45, 7) is 5.08. The van der Waals surface area contributed by atoms with Gasteiger partial charge in [0.15, 0.2) is 11.6 Å². The Morgan fingerprint density at radius 3 is 2.56 bits per heavy atom. The van der Waals surface area contributed by atoms with Gasteiger partial charge in [-0.1, -0.05) is 12.1 Å². The number of hydrogen-bond acceptors (Lipinski definition) is 4. The number of aromatic nitrogens is 2. The molecule has 0 spiro atoms. The molecule has 3 rings (SSSR count). The van der Waals surface area contributed by atoms with Crippen LogP contribution in [0, 0.1) is 13.8 Å². The van der Waals surface area contributed by atoms with E-state index in [9.17, 15) is 0 Å². The smallest absolute Gasteiger partial charge is 0.178 e. The topological polar surface area (TPSA) is 32.3 Å². The standard InChI is InChI=1S/C14H16N4/c1-10-5-4-6-12(11(10)2)18-9-17(3)13-14(18)16-8-7-15-13/h4-8H,9H2,1-3H3. The van der Waals surface area contributed by atoms with E-state index in [0.717, 1.165) is 18.3 Å². The number of hydrogen-bond donors (Lipinski definition) is 0. The molecule has 0 fully saturated rings. The zero-order chi connectivity index (χ0) is 12.7. The zero-order valence-electron chi connectivity index (χ0n) is 10.9. The van der Waals surface area contributed by atoms with E-state index in [0.29, 0.717) is 0 Å². The molecule has 0 aliphatic carbocycles. The Bertz CT molecular complexity index is 594. The van der Waals surface area contributed by atoms with E-state index >= 15 is 0 Å². The minimum absolute atomic E-state index is 0.795. The van der Waals surface area contributed by atoms with Gasteiger partial charge in [-0.15, -0.1) is 0 Å². The first-order chi connectivity index (χ1) is 8.68. The summed E-state index contributed by atoms with van der Waals surface area (Å²) in [5.41, 5.74) is 3.80. The van der Waals surface area contributed by atoms with Gasteiger partial charge < -0.3 is 9.80 Å². The Morgan fingerprint density at radius 1 is 1.06 bits per heavy atom. The average Bonchev–Trinajstić information content (AvgIpc) is 2.71. The van der Waals surface area contributed by atoms with Gasteiger partial charge in [0.1, 0.15) is 0 Å². The van der Waals surface area contributed by atoms with Crippen LogP contribution in [-0.2, 0) is 0 Å². The van der Waals surface area contributed by atoms with Gasteiger partial charge in [-0.05, 0) is 31.0 Å². The highest BCUT2D eigenvalue weighted by Crippen LogP contribution is 2.37. The Labute approximate surface area is 107 Å². The molecule has 92 valence electrons. The van der Waals surface area contributed by atoms with Crippen LogP contribution in [0.1, 0.15) is 11.1 Å². The molecule has 0 bridgehead atoms. The molecule has 0 amide bonds. The number of aryl methyl sites for hydroxylation is 1. The van der Waals surface area contributed by atoms with Gasteiger partial charge in [0.2, 0.25) is 0 Å². The molecule has 0 N–H and O–H groups in total. The second-order valence-electron chi connectivity index (χ2n) is 4.69. The maximum Gasteiger partial charge on any atom is 0.178 e. The van der Waals surface area contributed by atoms with Gasteiger partial charge in [0.25, 0.3) is 0 Å². The Hall–Kier alpha value is -2.10.